The Morgan fingerprint density at radius 3 is 2.04 bits per heavy atom. The molecule has 0 amide bonds. The molecule has 0 saturated heterocycles. The maximum Gasteiger partial charge on any atom is 0.126 e. The smallest absolute Gasteiger partial charge is 0.126 e. The Balaban J connectivity index is 2.97. The second-order valence-electron chi connectivity index (χ2n) is 6.49. The number of hydrogen-bond donors (Lipinski definition) is 0. The molecule has 23 heavy (non-hydrogen) atoms. The lowest BCUT2D eigenvalue weighted by atomic mass is 9.94. The molecule has 0 heterocycles. The van der Waals surface area contributed by atoms with E-state index in [9.17, 15) is 0 Å². The Morgan fingerprint density at radius 1 is 0.870 bits per heavy atom. The molecule has 0 spiro atoms. The summed E-state index contributed by atoms with van der Waals surface area (Å²) in [5, 5.41) is 0. The zero-order valence-electron chi connectivity index (χ0n) is 16.1. The molecule has 0 saturated carbocycles. The van der Waals surface area contributed by atoms with E-state index in [4.69, 9.17) is 9.47 Å². The first-order valence-electron chi connectivity index (χ1n) is 8.84. The van der Waals surface area contributed by atoms with E-state index in [0.717, 1.165) is 17.9 Å². The first-order valence-corrected chi connectivity index (χ1v) is 8.84. The summed E-state index contributed by atoms with van der Waals surface area (Å²) < 4.78 is 11.3. The quantitative estimate of drug-likeness (QED) is 0.405. The molecule has 130 valence electrons. The minimum absolute atomic E-state index is 0.909. The largest absolute Gasteiger partial charge is 0.496 e. The summed E-state index contributed by atoms with van der Waals surface area (Å²) in [5.41, 5.74) is 6.27. The predicted octanol–water partition coefficient (Wildman–Crippen LogP) is 6.09. The first kappa shape index (κ1) is 19.6. The van der Waals surface area contributed by atoms with Crippen LogP contribution in [-0.2, 0) is 6.42 Å². The minimum atomic E-state index is 0.909. The average Bonchev–Trinajstić information content (AvgIpc) is 2.54. The molecule has 0 unspecified atom stereocenters. The van der Waals surface area contributed by atoms with E-state index < -0.39 is 0 Å². The van der Waals surface area contributed by atoms with E-state index in [2.05, 4.69) is 40.7 Å². The van der Waals surface area contributed by atoms with Crippen molar-refractivity contribution in [1.29, 1.82) is 0 Å². The van der Waals surface area contributed by atoms with Gasteiger partial charge in [-0.15, -0.1) is 0 Å². The zero-order chi connectivity index (χ0) is 17.4. The topological polar surface area (TPSA) is 18.5 Å². The Bertz CT molecular complexity index is 542. The number of methoxy groups -OCH3 is 2. The van der Waals surface area contributed by atoms with Crippen molar-refractivity contribution in [3.05, 3.63) is 33.9 Å². The highest BCUT2D eigenvalue weighted by molar-refractivity contribution is 5.58. The van der Waals surface area contributed by atoms with Crippen molar-refractivity contribution in [2.45, 2.75) is 73.1 Å². The van der Waals surface area contributed by atoms with Gasteiger partial charge in [-0.05, 0) is 63.6 Å². The molecular formula is C21H34O2. The van der Waals surface area contributed by atoms with Gasteiger partial charge in [0.1, 0.15) is 11.5 Å². The molecular weight excluding hydrogens is 284 g/mol. The second kappa shape index (κ2) is 9.64. The SMILES string of the molecule is CCCCCC/C(C)=C/Cc1c(C)c(OC)c(C)c(C)c1OC. The molecule has 0 aromatic heterocycles. The lowest BCUT2D eigenvalue weighted by Gasteiger charge is -2.20. The van der Waals surface area contributed by atoms with Crippen LogP contribution in [0.2, 0.25) is 0 Å². The van der Waals surface area contributed by atoms with Gasteiger partial charge in [0.2, 0.25) is 0 Å². The number of rotatable bonds is 9. The van der Waals surface area contributed by atoms with Gasteiger partial charge in [0.25, 0.3) is 0 Å². The summed E-state index contributed by atoms with van der Waals surface area (Å²) >= 11 is 0. The van der Waals surface area contributed by atoms with Gasteiger partial charge in [-0.3, -0.25) is 0 Å². The molecule has 0 aliphatic heterocycles. The molecule has 0 bridgehead atoms. The van der Waals surface area contributed by atoms with Gasteiger partial charge in [-0.25, -0.2) is 0 Å². The normalized spacial score (nSPS) is 11.7. The van der Waals surface area contributed by atoms with Crippen LogP contribution in [0.5, 0.6) is 11.5 Å². The Kier molecular flexibility index (Phi) is 8.22. The lowest BCUT2D eigenvalue weighted by Crippen LogP contribution is -2.03. The minimum Gasteiger partial charge on any atom is -0.496 e. The highest BCUT2D eigenvalue weighted by Crippen LogP contribution is 2.38. The zero-order valence-corrected chi connectivity index (χ0v) is 16.1. The van der Waals surface area contributed by atoms with Gasteiger partial charge >= 0.3 is 0 Å². The van der Waals surface area contributed by atoms with E-state index in [0.29, 0.717) is 0 Å². The van der Waals surface area contributed by atoms with Gasteiger partial charge < -0.3 is 9.47 Å². The summed E-state index contributed by atoms with van der Waals surface area (Å²) in [6.07, 6.45) is 9.72. The van der Waals surface area contributed by atoms with Crippen LogP contribution in [0.4, 0.5) is 0 Å². The maximum atomic E-state index is 5.70. The number of unbranched alkanes of at least 4 members (excludes halogenated alkanes) is 3. The molecule has 1 aromatic rings. The Labute approximate surface area is 142 Å². The van der Waals surface area contributed by atoms with E-state index in [1.165, 1.54) is 59.9 Å². The van der Waals surface area contributed by atoms with Crippen molar-refractivity contribution in [3.63, 3.8) is 0 Å². The van der Waals surface area contributed by atoms with Crippen LogP contribution >= 0.6 is 0 Å². The second-order valence-corrected chi connectivity index (χ2v) is 6.49. The highest BCUT2D eigenvalue weighted by atomic mass is 16.5. The Morgan fingerprint density at radius 2 is 1.48 bits per heavy atom. The first-order chi connectivity index (χ1) is 11.0. The molecule has 1 aromatic carbocycles. The van der Waals surface area contributed by atoms with Crippen molar-refractivity contribution in [3.8, 4) is 11.5 Å². The van der Waals surface area contributed by atoms with E-state index in [1.807, 2.05) is 0 Å². The van der Waals surface area contributed by atoms with Gasteiger partial charge in [0.05, 0.1) is 14.2 Å². The summed E-state index contributed by atoms with van der Waals surface area (Å²) in [7, 11) is 3.51. The number of hydrogen-bond acceptors (Lipinski definition) is 2. The lowest BCUT2D eigenvalue weighted by molar-refractivity contribution is 0.391. The van der Waals surface area contributed by atoms with Gasteiger partial charge in [0, 0.05) is 5.56 Å². The fourth-order valence-electron chi connectivity index (χ4n) is 3.19. The van der Waals surface area contributed by atoms with Crippen LogP contribution in [0.3, 0.4) is 0 Å². The summed E-state index contributed by atoms with van der Waals surface area (Å²) in [6, 6.07) is 0. The molecule has 0 atom stereocenters. The summed E-state index contributed by atoms with van der Waals surface area (Å²) in [6.45, 7) is 10.8. The van der Waals surface area contributed by atoms with Crippen molar-refractivity contribution >= 4 is 0 Å². The molecule has 0 aliphatic carbocycles. The Hall–Kier alpha value is -1.44. The fourth-order valence-corrected chi connectivity index (χ4v) is 3.19. The molecule has 0 aliphatic rings. The van der Waals surface area contributed by atoms with Crippen LogP contribution in [0.1, 0.15) is 68.2 Å². The van der Waals surface area contributed by atoms with Crippen molar-refractivity contribution in [1.82, 2.24) is 0 Å². The van der Waals surface area contributed by atoms with E-state index in [1.54, 1.807) is 14.2 Å². The molecule has 0 radical (unpaired) electrons. The molecule has 0 fully saturated rings. The summed E-state index contributed by atoms with van der Waals surface area (Å²) in [4.78, 5) is 0. The van der Waals surface area contributed by atoms with Crippen LogP contribution in [0, 0.1) is 20.8 Å². The number of ether oxygens (including phenoxy) is 2. The van der Waals surface area contributed by atoms with Crippen LogP contribution in [0.25, 0.3) is 0 Å². The van der Waals surface area contributed by atoms with E-state index >= 15 is 0 Å². The van der Waals surface area contributed by atoms with Gasteiger partial charge in [-0.1, -0.05) is 37.8 Å². The molecule has 1 rings (SSSR count). The predicted molar refractivity (Wildman–Crippen MR) is 100.0 cm³/mol. The maximum absolute atomic E-state index is 5.70. The third-order valence-corrected chi connectivity index (χ3v) is 4.80. The molecule has 2 heteroatoms. The van der Waals surface area contributed by atoms with Gasteiger partial charge in [0.15, 0.2) is 0 Å². The highest BCUT2D eigenvalue weighted by Gasteiger charge is 2.17. The van der Waals surface area contributed by atoms with Crippen molar-refractivity contribution < 1.29 is 9.47 Å². The molecule has 2 nitrogen and oxygen atoms in total. The average molecular weight is 319 g/mol. The van der Waals surface area contributed by atoms with Crippen LogP contribution in [0.15, 0.2) is 11.6 Å². The number of allylic oxidation sites excluding steroid dienone is 2. The van der Waals surface area contributed by atoms with Crippen molar-refractivity contribution in [2.75, 3.05) is 14.2 Å². The fraction of sp³-hybridized carbons (Fsp3) is 0.619. The monoisotopic (exact) mass is 318 g/mol. The standard InChI is InChI=1S/C21H34O2/c1-8-9-10-11-12-15(2)13-14-19-18(5)20(22-6)16(3)17(4)21(19)23-7/h13H,8-12,14H2,1-7H3/b15-13+. The van der Waals surface area contributed by atoms with Gasteiger partial charge in [-0.2, -0.15) is 0 Å². The van der Waals surface area contributed by atoms with Crippen LogP contribution < -0.4 is 9.47 Å². The van der Waals surface area contributed by atoms with Crippen molar-refractivity contribution in [2.24, 2.45) is 0 Å². The van der Waals surface area contributed by atoms with E-state index in [-0.39, 0.29) is 0 Å². The third kappa shape index (κ3) is 5.02. The molecule has 0 N–H and O–H groups in total. The number of benzene rings is 1. The summed E-state index contributed by atoms with van der Waals surface area (Å²) in [5.74, 6) is 2.00. The third-order valence-electron chi connectivity index (χ3n) is 4.80. The van der Waals surface area contributed by atoms with Crippen LogP contribution in [-0.4, -0.2) is 14.2 Å².